The number of nitrogens with one attached hydrogen (secondary N) is 2. The molecule has 0 radical (unpaired) electrons. The Morgan fingerprint density at radius 2 is 1.66 bits per heavy atom. The molecule has 2 heterocycles. The smallest absolute Gasteiger partial charge is 0.0786 e. The lowest BCUT2D eigenvalue weighted by atomic mass is 9.90. The van der Waals surface area contributed by atoms with Crippen LogP contribution in [0.3, 0.4) is 0 Å². The summed E-state index contributed by atoms with van der Waals surface area (Å²) in [6.45, 7) is 2.61. The zero-order chi connectivity index (χ0) is 25.9. The lowest BCUT2D eigenvalue weighted by Gasteiger charge is -2.23. The Bertz CT molecular complexity index is 1700. The maximum Gasteiger partial charge on any atom is 0.0786 e. The van der Waals surface area contributed by atoms with E-state index in [9.17, 15) is 0 Å². The largest absolute Gasteiger partial charge is 0.360 e. The van der Waals surface area contributed by atoms with Crippen LogP contribution in [0.1, 0.15) is 34.7 Å². The van der Waals surface area contributed by atoms with Crippen LogP contribution in [0.5, 0.6) is 0 Å². The summed E-state index contributed by atoms with van der Waals surface area (Å²) in [7, 11) is 0. The molecule has 0 saturated carbocycles. The first-order chi connectivity index (χ1) is 18.7. The Balaban J connectivity index is 1.23. The average Bonchev–Trinajstić information content (AvgIpc) is 3.19. The van der Waals surface area contributed by atoms with Crippen molar-refractivity contribution in [1.29, 1.82) is 5.41 Å². The molecule has 4 heteroatoms. The number of fused-ring (bicyclic) bond motifs is 2. The normalized spacial score (nSPS) is 17.8. The van der Waals surface area contributed by atoms with Gasteiger partial charge in [0.1, 0.15) is 0 Å². The number of benzene rings is 3. The van der Waals surface area contributed by atoms with Crippen molar-refractivity contribution in [1.82, 2.24) is 5.32 Å². The summed E-state index contributed by atoms with van der Waals surface area (Å²) in [4.78, 5) is 9.77. The summed E-state index contributed by atoms with van der Waals surface area (Å²) in [5.74, 6) is 0. The fourth-order valence-electron chi connectivity index (χ4n) is 4.76. The molecule has 0 aromatic heterocycles. The van der Waals surface area contributed by atoms with E-state index in [2.05, 4.69) is 53.5 Å². The number of rotatable bonds is 4. The average molecular weight is 491 g/mol. The molecule has 4 nitrogen and oxygen atoms in total. The van der Waals surface area contributed by atoms with Gasteiger partial charge in [0.15, 0.2) is 0 Å². The number of hydrogen-bond donors (Lipinski definition) is 2. The fraction of sp³-hybridized carbons (Fsp3) is 0.0588. The predicted molar refractivity (Wildman–Crippen MR) is 159 cm³/mol. The Morgan fingerprint density at radius 1 is 0.895 bits per heavy atom. The summed E-state index contributed by atoms with van der Waals surface area (Å²) >= 11 is 0. The van der Waals surface area contributed by atoms with Gasteiger partial charge in [0.05, 0.1) is 29.4 Å². The molecular weight excluding hydrogens is 464 g/mol. The first-order valence-electron chi connectivity index (χ1n) is 12.6. The van der Waals surface area contributed by atoms with Crippen LogP contribution in [-0.4, -0.2) is 23.7 Å². The van der Waals surface area contributed by atoms with Gasteiger partial charge in [-0.05, 0) is 41.8 Å². The second-order valence-electron chi connectivity index (χ2n) is 9.27. The molecule has 1 aliphatic carbocycles. The van der Waals surface area contributed by atoms with Crippen LogP contribution in [0.2, 0.25) is 0 Å². The first-order valence-corrected chi connectivity index (χ1v) is 12.6. The van der Waals surface area contributed by atoms with Crippen molar-refractivity contribution >= 4 is 40.2 Å². The van der Waals surface area contributed by atoms with Crippen LogP contribution in [-0.2, 0) is 0 Å². The van der Waals surface area contributed by atoms with Gasteiger partial charge in [0.25, 0.3) is 0 Å². The van der Waals surface area contributed by atoms with Crippen LogP contribution in [0, 0.1) is 5.41 Å². The third-order valence-corrected chi connectivity index (χ3v) is 6.85. The van der Waals surface area contributed by atoms with Crippen molar-refractivity contribution in [3.05, 3.63) is 148 Å². The Kier molecular flexibility index (Phi) is 6.23. The molecule has 0 fully saturated rings. The van der Waals surface area contributed by atoms with Crippen molar-refractivity contribution in [2.24, 2.45) is 9.98 Å². The molecular formula is C34H26N4. The van der Waals surface area contributed by atoms with E-state index in [0.29, 0.717) is 12.3 Å². The van der Waals surface area contributed by atoms with E-state index in [4.69, 9.17) is 15.4 Å². The fourth-order valence-corrected chi connectivity index (χ4v) is 4.76. The van der Waals surface area contributed by atoms with Crippen molar-refractivity contribution in [2.75, 3.05) is 6.54 Å². The predicted octanol–water partition coefficient (Wildman–Crippen LogP) is 7.30. The topological polar surface area (TPSA) is 60.6 Å². The molecule has 3 aromatic carbocycles. The van der Waals surface area contributed by atoms with E-state index < -0.39 is 0 Å². The Morgan fingerprint density at radius 3 is 2.50 bits per heavy atom. The number of hydrogen-bond acceptors (Lipinski definition) is 4. The minimum Gasteiger partial charge on any atom is -0.360 e. The van der Waals surface area contributed by atoms with Crippen LogP contribution in [0.15, 0.2) is 131 Å². The maximum absolute atomic E-state index is 8.34. The second-order valence-corrected chi connectivity index (χ2v) is 9.27. The highest BCUT2D eigenvalue weighted by Gasteiger charge is 2.20. The number of nitrogens with zero attached hydrogens (tertiary/aromatic N) is 2. The quantitative estimate of drug-likeness (QED) is 0.293. The molecule has 0 amide bonds. The van der Waals surface area contributed by atoms with E-state index in [1.54, 1.807) is 0 Å². The number of aliphatic imine (C=N–C) groups is 2. The maximum atomic E-state index is 8.34. The highest BCUT2D eigenvalue weighted by molar-refractivity contribution is 6.15. The van der Waals surface area contributed by atoms with Gasteiger partial charge in [-0.25, -0.2) is 4.99 Å². The number of para-hydroxylation sites is 1. The zero-order valence-electron chi connectivity index (χ0n) is 21.1. The van der Waals surface area contributed by atoms with Gasteiger partial charge in [0, 0.05) is 40.3 Å². The molecule has 0 unspecified atom stereocenters. The van der Waals surface area contributed by atoms with Crippen molar-refractivity contribution in [3.8, 4) is 0 Å². The van der Waals surface area contributed by atoms with Gasteiger partial charge in [-0.3, -0.25) is 4.99 Å². The first kappa shape index (κ1) is 23.4. The van der Waals surface area contributed by atoms with E-state index in [1.807, 2.05) is 79.9 Å². The van der Waals surface area contributed by atoms with Gasteiger partial charge in [-0.2, -0.15) is 0 Å². The summed E-state index contributed by atoms with van der Waals surface area (Å²) < 4.78 is 0. The molecule has 3 aromatic rings. The van der Waals surface area contributed by atoms with Crippen LogP contribution in [0.25, 0.3) is 17.3 Å². The third kappa shape index (κ3) is 4.57. The Labute approximate surface area is 222 Å². The zero-order valence-corrected chi connectivity index (χ0v) is 21.1. The monoisotopic (exact) mass is 490 g/mol. The minimum absolute atomic E-state index is 0.504. The molecule has 182 valence electrons. The van der Waals surface area contributed by atoms with Crippen LogP contribution >= 0.6 is 0 Å². The molecule has 0 saturated heterocycles. The molecule has 38 heavy (non-hydrogen) atoms. The van der Waals surface area contributed by atoms with Crippen LogP contribution < -0.4 is 5.32 Å². The SMILES string of the molecule is CC(=NCC1=CN/C(=C2/C=CC=CC2=N)c2ccccc21)c1ccc(C2=Nc3ccccc3C=C=C2)cc1. The summed E-state index contributed by atoms with van der Waals surface area (Å²) in [6, 6.07) is 24.8. The summed E-state index contributed by atoms with van der Waals surface area (Å²) in [5.41, 5.74) is 15.0. The molecule has 0 spiro atoms. The van der Waals surface area contributed by atoms with Crippen LogP contribution in [0.4, 0.5) is 5.69 Å². The summed E-state index contributed by atoms with van der Waals surface area (Å²) in [6.07, 6.45) is 13.6. The molecule has 6 rings (SSSR count). The molecule has 2 aliphatic heterocycles. The van der Waals surface area contributed by atoms with Crippen molar-refractivity contribution < 1.29 is 0 Å². The van der Waals surface area contributed by atoms with E-state index in [0.717, 1.165) is 61.8 Å². The standard InChI is InChI=1S/C34H26N4/c1-23(24-17-19-26(20-18-24)33-16-8-10-25-9-2-7-15-32(25)38-33)36-21-27-22-37-34(29-12-4-3-11-28(27)29)30-13-5-6-14-31(30)35/h2-7,9-20,22,35,37H,21H2,1H3/b34-30-,35-31?,36-23?. The lowest BCUT2D eigenvalue weighted by molar-refractivity contribution is 1.13. The van der Waals surface area contributed by atoms with Crippen molar-refractivity contribution in [2.45, 2.75) is 6.92 Å². The molecule has 0 atom stereocenters. The Hall–Kier alpha value is -5.05. The van der Waals surface area contributed by atoms with E-state index >= 15 is 0 Å². The third-order valence-electron chi connectivity index (χ3n) is 6.85. The molecule has 0 bridgehead atoms. The highest BCUT2D eigenvalue weighted by Crippen LogP contribution is 2.32. The van der Waals surface area contributed by atoms with E-state index in [-0.39, 0.29) is 0 Å². The van der Waals surface area contributed by atoms with Gasteiger partial charge in [-0.15, -0.1) is 5.73 Å². The minimum atomic E-state index is 0.504. The molecule has 3 aliphatic rings. The molecule has 2 N–H and O–H groups in total. The van der Waals surface area contributed by atoms with Gasteiger partial charge in [-0.1, -0.05) is 85.0 Å². The van der Waals surface area contributed by atoms with Crippen molar-refractivity contribution in [3.63, 3.8) is 0 Å². The lowest BCUT2D eigenvalue weighted by Crippen LogP contribution is -2.18. The second kappa shape index (κ2) is 10.1. The number of allylic oxidation sites excluding steroid dienone is 6. The summed E-state index contributed by atoms with van der Waals surface area (Å²) in [5, 5.41) is 11.8. The van der Waals surface area contributed by atoms with E-state index in [1.165, 1.54) is 0 Å². The highest BCUT2D eigenvalue weighted by atomic mass is 14.9. The van der Waals surface area contributed by atoms with Gasteiger partial charge in [0.2, 0.25) is 0 Å². The van der Waals surface area contributed by atoms with Gasteiger partial charge < -0.3 is 10.7 Å². The van der Waals surface area contributed by atoms with Gasteiger partial charge >= 0.3 is 0 Å².